The number of nitro groups is 1. The Hall–Kier alpha value is -2.11. The fourth-order valence-electron chi connectivity index (χ4n) is 1.90. The third kappa shape index (κ3) is 2.11. The number of rotatable bonds is 2. The van der Waals surface area contributed by atoms with Crippen molar-refractivity contribution in [2.24, 2.45) is 0 Å². The number of nitro benzene ring substituents is 1. The van der Waals surface area contributed by atoms with Gasteiger partial charge in [0, 0.05) is 17.7 Å². The van der Waals surface area contributed by atoms with Crippen molar-refractivity contribution in [3.8, 4) is 11.4 Å². The van der Waals surface area contributed by atoms with Crippen LogP contribution in [-0.4, -0.2) is 14.9 Å². The SMILES string of the molecule is O=[N+]([O-])c1ccc(-c2nc3c(Cl)c(Cl)ccc3[nH]2)cc1. The van der Waals surface area contributed by atoms with E-state index in [9.17, 15) is 10.1 Å². The molecule has 0 aliphatic heterocycles. The topological polar surface area (TPSA) is 71.8 Å². The molecule has 0 amide bonds. The van der Waals surface area contributed by atoms with Gasteiger partial charge in [-0.25, -0.2) is 4.98 Å². The molecule has 0 aliphatic carbocycles. The third-order valence-electron chi connectivity index (χ3n) is 2.90. The smallest absolute Gasteiger partial charge is 0.269 e. The van der Waals surface area contributed by atoms with Crippen molar-refractivity contribution < 1.29 is 4.92 Å². The maximum absolute atomic E-state index is 10.6. The summed E-state index contributed by atoms with van der Waals surface area (Å²) < 4.78 is 0. The average molecular weight is 308 g/mol. The molecule has 0 aliphatic rings. The quantitative estimate of drug-likeness (QED) is 0.561. The zero-order valence-electron chi connectivity index (χ0n) is 9.93. The number of hydrogen-bond donors (Lipinski definition) is 1. The van der Waals surface area contributed by atoms with Crippen LogP contribution in [-0.2, 0) is 0 Å². The molecule has 3 rings (SSSR count). The lowest BCUT2D eigenvalue weighted by Gasteiger charge is -1.95. The Morgan fingerprint density at radius 1 is 1.10 bits per heavy atom. The minimum atomic E-state index is -0.445. The molecule has 0 fully saturated rings. The maximum atomic E-state index is 10.6. The summed E-state index contributed by atoms with van der Waals surface area (Å²) in [4.78, 5) is 17.7. The molecular weight excluding hydrogens is 301 g/mol. The minimum Gasteiger partial charge on any atom is -0.338 e. The Morgan fingerprint density at radius 3 is 2.45 bits per heavy atom. The Labute approximate surface area is 123 Å². The molecule has 2 aromatic carbocycles. The van der Waals surface area contributed by atoms with E-state index in [2.05, 4.69) is 9.97 Å². The molecule has 0 saturated carbocycles. The van der Waals surface area contributed by atoms with E-state index in [1.54, 1.807) is 24.3 Å². The lowest BCUT2D eigenvalue weighted by atomic mass is 10.2. The summed E-state index contributed by atoms with van der Waals surface area (Å²) in [6.07, 6.45) is 0. The van der Waals surface area contributed by atoms with E-state index in [-0.39, 0.29) is 5.69 Å². The number of nitrogens with one attached hydrogen (secondary N) is 1. The van der Waals surface area contributed by atoms with Gasteiger partial charge in [-0.15, -0.1) is 0 Å². The van der Waals surface area contributed by atoms with Crippen molar-refractivity contribution in [3.63, 3.8) is 0 Å². The van der Waals surface area contributed by atoms with Crippen LogP contribution in [0.15, 0.2) is 36.4 Å². The van der Waals surface area contributed by atoms with Crippen LogP contribution >= 0.6 is 23.2 Å². The third-order valence-corrected chi connectivity index (χ3v) is 3.69. The van der Waals surface area contributed by atoms with Crippen molar-refractivity contribution >= 4 is 39.9 Å². The largest absolute Gasteiger partial charge is 0.338 e. The highest BCUT2D eigenvalue weighted by Crippen LogP contribution is 2.31. The van der Waals surface area contributed by atoms with E-state index in [1.807, 2.05) is 0 Å². The summed E-state index contributed by atoms with van der Waals surface area (Å²) in [5.74, 6) is 0.582. The summed E-state index contributed by atoms with van der Waals surface area (Å²) in [6.45, 7) is 0. The zero-order chi connectivity index (χ0) is 14.3. The molecule has 0 radical (unpaired) electrons. The molecule has 0 saturated heterocycles. The van der Waals surface area contributed by atoms with Crippen molar-refractivity contribution in [1.82, 2.24) is 9.97 Å². The zero-order valence-corrected chi connectivity index (χ0v) is 11.4. The molecule has 0 bridgehead atoms. The Kier molecular flexibility index (Phi) is 3.08. The van der Waals surface area contributed by atoms with Gasteiger partial charge < -0.3 is 4.98 Å². The normalized spacial score (nSPS) is 10.9. The second kappa shape index (κ2) is 4.77. The molecule has 1 aromatic heterocycles. The predicted molar refractivity (Wildman–Crippen MR) is 78.2 cm³/mol. The van der Waals surface area contributed by atoms with Crippen molar-refractivity contribution in [2.45, 2.75) is 0 Å². The first kappa shape index (κ1) is 12.9. The summed E-state index contributed by atoms with van der Waals surface area (Å²) in [7, 11) is 0. The molecule has 0 atom stereocenters. The minimum absolute atomic E-state index is 0.0333. The van der Waals surface area contributed by atoms with Gasteiger partial charge in [0.15, 0.2) is 0 Å². The van der Waals surface area contributed by atoms with E-state index in [0.717, 1.165) is 11.1 Å². The monoisotopic (exact) mass is 307 g/mol. The van der Waals surface area contributed by atoms with Crippen molar-refractivity contribution in [1.29, 1.82) is 0 Å². The van der Waals surface area contributed by atoms with Gasteiger partial charge in [-0.2, -0.15) is 0 Å². The fraction of sp³-hybridized carbons (Fsp3) is 0. The van der Waals surface area contributed by atoms with Crippen LogP contribution in [0, 0.1) is 10.1 Å². The van der Waals surface area contributed by atoms with Gasteiger partial charge in [-0.1, -0.05) is 23.2 Å². The summed E-state index contributed by atoms with van der Waals surface area (Å²) in [5, 5.41) is 11.4. The molecule has 100 valence electrons. The average Bonchev–Trinajstić information content (AvgIpc) is 2.88. The first-order valence-electron chi connectivity index (χ1n) is 5.65. The maximum Gasteiger partial charge on any atom is 0.269 e. The van der Waals surface area contributed by atoms with Crippen LogP contribution < -0.4 is 0 Å². The van der Waals surface area contributed by atoms with Gasteiger partial charge in [0.25, 0.3) is 5.69 Å². The summed E-state index contributed by atoms with van der Waals surface area (Å²) in [6, 6.07) is 9.58. The molecule has 0 unspecified atom stereocenters. The lowest BCUT2D eigenvalue weighted by molar-refractivity contribution is -0.384. The van der Waals surface area contributed by atoms with Crippen LogP contribution in [0.25, 0.3) is 22.4 Å². The van der Waals surface area contributed by atoms with Gasteiger partial charge in [-0.05, 0) is 24.3 Å². The molecule has 7 heteroatoms. The number of imidazole rings is 1. The number of hydrogen-bond acceptors (Lipinski definition) is 3. The van der Waals surface area contributed by atoms with E-state index in [0.29, 0.717) is 21.4 Å². The Bertz CT molecular complexity index is 812. The second-order valence-electron chi connectivity index (χ2n) is 4.15. The number of H-pyrrole nitrogens is 1. The van der Waals surface area contributed by atoms with Gasteiger partial charge in [-0.3, -0.25) is 10.1 Å². The number of benzene rings is 2. The van der Waals surface area contributed by atoms with E-state index in [1.165, 1.54) is 12.1 Å². The van der Waals surface area contributed by atoms with Crippen LogP contribution in [0.1, 0.15) is 0 Å². The highest BCUT2D eigenvalue weighted by molar-refractivity contribution is 6.44. The van der Waals surface area contributed by atoms with Crippen molar-refractivity contribution in [2.75, 3.05) is 0 Å². The number of nitrogens with zero attached hydrogens (tertiary/aromatic N) is 2. The molecule has 5 nitrogen and oxygen atoms in total. The number of fused-ring (bicyclic) bond motifs is 1. The number of aromatic nitrogens is 2. The van der Waals surface area contributed by atoms with Gasteiger partial charge in [0.2, 0.25) is 0 Å². The standard InChI is InChI=1S/C13H7Cl2N3O2/c14-9-5-6-10-12(11(9)15)17-13(16-10)7-1-3-8(4-2-7)18(19)20/h1-6H,(H,16,17). The van der Waals surface area contributed by atoms with Crippen LogP contribution in [0.2, 0.25) is 10.0 Å². The summed E-state index contributed by atoms with van der Waals surface area (Å²) >= 11 is 12.0. The predicted octanol–water partition coefficient (Wildman–Crippen LogP) is 4.44. The van der Waals surface area contributed by atoms with Crippen LogP contribution in [0.3, 0.4) is 0 Å². The Morgan fingerprint density at radius 2 is 1.80 bits per heavy atom. The highest BCUT2D eigenvalue weighted by atomic mass is 35.5. The molecule has 1 heterocycles. The first-order chi connectivity index (χ1) is 9.56. The number of halogens is 2. The molecule has 3 aromatic rings. The van der Waals surface area contributed by atoms with E-state index >= 15 is 0 Å². The van der Waals surface area contributed by atoms with Gasteiger partial charge in [0.1, 0.15) is 11.3 Å². The first-order valence-corrected chi connectivity index (χ1v) is 6.40. The van der Waals surface area contributed by atoms with Crippen molar-refractivity contribution in [3.05, 3.63) is 56.6 Å². The van der Waals surface area contributed by atoms with Gasteiger partial charge >= 0.3 is 0 Å². The highest BCUT2D eigenvalue weighted by Gasteiger charge is 2.12. The lowest BCUT2D eigenvalue weighted by Crippen LogP contribution is -1.87. The number of non-ortho nitro benzene ring substituents is 1. The molecule has 0 spiro atoms. The van der Waals surface area contributed by atoms with E-state index in [4.69, 9.17) is 23.2 Å². The van der Waals surface area contributed by atoms with Gasteiger partial charge in [0.05, 0.1) is 20.5 Å². The van der Waals surface area contributed by atoms with Crippen LogP contribution in [0.4, 0.5) is 5.69 Å². The summed E-state index contributed by atoms with van der Waals surface area (Å²) in [5.41, 5.74) is 2.10. The van der Waals surface area contributed by atoms with Crippen LogP contribution in [0.5, 0.6) is 0 Å². The van der Waals surface area contributed by atoms with E-state index < -0.39 is 4.92 Å². The molecular formula is C13H7Cl2N3O2. The molecule has 20 heavy (non-hydrogen) atoms. The number of aromatic amines is 1. The Balaban J connectivity index is 2.10. The molecule has 1 N–H and O–H groups in total. The fourth-order valence-corrected chi connectivity index (χ4v) is 2.25. The second-order valence-corrected chi connectivity index (χ2v) is 4.93.